The minimum absolute atomic E-state index is 0.160. The van der Waals surface area contributed by atoms with Gasteiger partial charge in [-0.05, 0) is 23.3 Å². The largest absolute Gasteiger partial charge is 0.326 e. The van der Waals surface area contributed by atoms with Crippen molar-refractivity contribution in [3.63, 3.8) is 0 Å². The van der Waals surface area contributed by atoms with Crippen LogP contribution in [0.4, 0.5) is 0 Å². The van der Waals surface area contributed by atoms with Gasteiger partial charge in [0, 0.05) is 42.2 Å². The highest BCUT2D eigenvalue weighted by Gasteiger charge is 2.31. The number of nitrogens with zero attached hydrogens (tertiary/aromatic N) is 2. The van der Waals surface area contributed by atoms with Crippen LogP contribution in [0.1, 0.15) is 17.0 Å². The average molecular weight is 353 g/mol. The molecular weight excluding hydrogens is 332 g/mol. The molecule has 2 aromatic carbocycles. The summed E-state index contributed by atoms with van der Waals surface area (Å²) in [5.74, 6) is 0.382. The van der Waals surface area contributed by atoms with Crippen molar-refractivity contribution in [3.05, 3.63) is 76.9 Å². The molecule has 1 aliphatic heterocycles. The van der Waals surface area contributed by atoms with E-state index in [-0.39, 0.29) is 6.04 Å². The lowest BCUT2D eigenvalue weighted by Gasteiger charge is -2.16. The molecule has 0 bridgehead atoms. The molecule has 3 N–H and O–H groups in total. The third kappa shape index (κ3) is 3.47. The molecule has 0 unspecified atom stereocenters. The van der Waals surface area contributed by atoms with Gasteiger partial charge in [0.15, 0.2) is 0 Å². The Balaban J connectivity index is 1.51. The fourth-order valence-corrected chi connectivity index (χ4v) is 3.76. The number of halogens is 1. The molecule has 25 heavy (non-hydrogen) atoms. The number of H-pyrrole nitrogens is 1. The monoisotopic (exact) mass is 352 g/mol. The molecule has 1 saturated heterocycles. The molecular formula is C20H21ClN4. The standard InChI is InChI=1S/C20H21ClN4/c21-17-8-6-15(7-9-17)20-16(10-23-24-20)11-25-12-18(19(22)13-25)14-4-2-1-3-5-14/h1-10,18-19H,11-13,22H2,(H,23,24)/t18-,19+/m0/s1. The summed E-state index contributed by atoms with van der Waals surface area (Å²) in [5, 5.41) is 8.10. The normalized spacial score (nSPS) is 20.9. The van der Waals surface area contributed by atoms with Gasteiger partial charge in [-0.2, -0.15) is 5.10 Å². The molecule has 4 rings (SSSR count). The summed E-state index contributed by atoms with van der Waals surface area (Å²) in [4.78, 5) is 2.41. The zero-order chi connectivity index (χ0) is 17.2. The van der Waals surface area contributed by atoms with Crippen molar-refractivity contribution in [3.8, 4) is 11.3 Å². The highest BCUT2D eigenvalue weighted by molar-refractivity contribution is 6.30. The Labute approximate surface area is 152 Å². The zero-order valence-corrected chi connectivity index (χ0v) is 14.7. The summed E-state index contributed by atoms with van der Waals surface area (Å²) in [7, 11) is 0. The predicted molar refractivity (Wildman–Crippen MR) is 101 cm³/mol. The molecule has 0 aliphatic carbocycles. The number of rotatable bonds is 4. The second-order valence-corrected chi connectivity index (χ2v) is 7.09. The molecule has 1 fully saturated rings. The maximum atomic E-state index is 6.42. The van der Waals surface area contributed by atoms with E-state index in [2.05, 4.69) is 39.4 Å². The number of nitrogens with two attached hydrogens (primary N) is 1. The van der Waals surface area contributed by atoms with Crippen LogP contribution in [0.15, 0.2) is 60.8 Å². The summed E-state index contributed by atoms with van der Waals surface area (Å²) in [6, 6.07) is 18.6. The second-order valence-electron chi connectivity index (χ2n) is 6.65. The molecule has 1 aromatic heterocycles. The van der Waals surface area contributed by atoms with E-state index in [1.807, 2.05) is 36.5 Å². The Kier molecular flexibility index (Phi) is 4.57. The van der Waals surface area contributed by atoms with Crippen LogP contribution in [-0.4, -0.2) is 34.2 Å². The molecule has 4 nitrogen and oxygen atoms in total. The minimum Gasteiger partial charge on any atom is -0.326 e. The van der Waals surface area contributed by atoms with Crippen molar-refractivity contribution in [1.82, 2.24) is 15.1 Å². The van der Waals surface area contributed by atoms with E-state index in [1.165, 1.54) is 11.1 Å². The number of hydrogen-bond donors (Lipinski definition) is 2. The smallest absolute Gasteiger partial charge is 0.0695 e. The molecule has 1 aliphatic rings. The van der Waals surface area contributed by atoms with Crippen LogP contribution >= 0.6 is 11.6 Å². The number of aromatic amines is 1. The van der Waals surface area contributed by atoms with Gasteiger partial charge in [-0.15, -0.1) is 0 Å². The van der Waals surface area contributed by atoms with Crippen molar-refractivity contribution in [1.29, 1.82) is 0 Å². The predicted octanol–water partition coefficient (Wildman–Crippen LogP) is 3.66. The molecule has 0 radical (unpaired) electrons. The number of likely N-dealkylation sites (tertiary alicyclic amines) is 1. The lowest BCUT2D eigenvalue weighted by Crippen LogP contribution is -2.28. The number of benzene rings is 2. The van der Waals surface area contributed by atoms with Crippen LogP contribution in [0.5, 0.6) is 0 Å². The second kappa shape index (κ2) is 7.00. The fourth-order valence-electron chi connectivity index (χ4n) is 3.63. The van der Waals surface area contributed by atoms with E-state index in [0.717, 1.165) is 35.9 Å². The maximum Gasteiger partial charge on any atom is 0.0695 e. The molecule has 0 amide bonds. The van der Waals surface area contributed by atoms with E-state index in [1.54, 1.807) is 0 Å². The lowest BCUT2D eigenvalue weighted by atomic mass is 9.95. The molecule has 0 saturated carbocycles. The van der Waals surface area contributed by atoms with Crippen molar-refractivity contribution >= 4 is 11.6 Å². The zero-order valence-electron chi connectivity index (χ0n) is 13.9. The molecule has 2 atom stereocenters. The van der Waals surface area contributed by atoms with Crippen LogP contribution in [0, 0.1) is 0 Å². The summed E-state index contributed by atoms with van der Waals surface area (Å²) < 4.78 is 0. The van der Waals surface area contributed by atoms with Crippen LogP contribution < -0.4 is 5.73 Å². The highest BCUT2D eigenvalue weighted by atomic mass is 35.5. The van der Waals surface area contributed by atoms with Crippen LogP contribution in [0.2, 0.25) is 5.02 Å². The van der Waals surface area contributed by atoms with Crippen LogP contribution in [0.3, 0.4) is 0 Å². The van der Waals surface area contributed by atoms with E-state index in [9.17, 15) is 0 Å². The summed E-state index contributed by atoms with van der Waals surface area (Å²) in [5.41, 5.74) is 11.1. The Morgan fingerprint density at radius 2 is 1.84 bits per heavy atom. The summed E-state index contributed by atoms with van der Waals surface area (Å²) in [6.07, 6.45) is 1.91. The van der Waals surface area contributed by atoms with Gasteiger partial charge in [-0.25, -0.2) is 0 Å². The van der Waals surface area contributed by atoms with Crippen molar-refractivity contribution in [2.75, 3.05) is 13.1 Å². The first kappa shape index (κ1) is 16.3. The Morgan fingerprint density at radius 3 is 2.60 bits per heavy atom. The van der Waals surface area contributed by atoms with E-state index >= 15 is 0 Å². The minimum atomic E-state index is 0.160. The van der Waals surface area contributed by atoms with Crippen molar-refractivity contribution in [2.24, 2.45) is 5.73 Å². The van der Waals surface area contributed by atoms with E-state index in [0.29, 0.717) is 5.92 Å². The Hall–Kier alpha value is -2.14. The lowest BCUT2D eigenvalue weighted by molar-refractivity contribution is 0.324. The SMILES string of the molecule is N[C@@H]1CN(Cc2cn[nH]c2-c2ccc(Cl)cc2)C[C@H]1c1ccccc1. The van der Waals surface area contributed by atoms with E-state index < -0.39 is 0 Å². The molecule has 128 valence electrons. The van der Waals surface area contributed by atoms with Crippen LogP contribution in [0.25, 0.3) is 11.3 Å². The number of nitrogens with one attached hydrogen (secondary N) is 1. The molecule has 0 spiro atoms. The van der Waals surface area contributed by atoms with Gasteiger partial charge in [-0.1, -0.05) is 54.1 Å². The van der Waals surface area contributed by atoms with Gasteiger partial charge in [0.1, 0.15) is 0 Å². The van der Waals surface area contributed by atoms with E-state index in [4.69, 9.17) is 17.3 Å². The van der Waals surface area contributed by atoms with Gasteiger partial charge in [-0.3, -0.25) is 10.00 Å². The number of hydrogen-bond acceptors (Lipinski definition) is 3. The van der Waals surface area contributed by atoms with Crippen LogP contribution in [-0.2, 0) is 6.54 Å². The quantitative estimate of drug-likeness (QED) is 0.753. The summed E-state index contributed by atoms with van der Waals surface area (Å²) in [6.45, 7) is 2.70. The third-order valence-electron chi connectivity index (χ3n) is 4.91. The van der Waals surface area contributed by atoms with Crippen molar-refractivity contribution in [2.45, 2.75) is 18.5 Å². The highest BCUT2D eigenvalue weighted by Crippen LogP contribution is 2.29. The Bertz CT molecular complexity index is 828. The first-order valence-corrected chi connectivity index (χ1v) is 8.89. The first-order chi connectivity index (χ1) is 12.2. The molecule has 2 heterocycles. The van der Waals surface area contributed by atoms with Crippen molar-refractivity contribution < 1.29 is 0 Å². The molecule has 5 heteroatoms. The fraction of sp³-hybridized carbons (Fsp3) is 0.250. The average Bonchev–Trinajstić information content (AvgIpc) is 3.23. The van der Waals surface area contributed by atoms with Gasteiger partial charge in [0.25, 0.3) is 0 Å². The van der Waals surface area contributed by atoms with Gasteiger partial charge < -0.3 is 5.73 Å². The number of aromatic nitrogens is 2. The van der Waals surface area contributed by atoms with Gasteiger partial charge >= 0.3 is 0 Å². The Morgan fingerprint density at radius 1 is 1.08 bits per heavy atom. The van der Waals surface area contributed by atoms with Gasteiger partial charge in [0.05, 0.1) is 11.9 Å². The van der Waals surface area contributed by atoms with Gasteiger partial charge in [0.2, 0.25) is 0 Å². The summed E-state index contributed by atoms with van der Waals surface area (Å²) >= 11 is 5.99. The topological polar surface area (TPSA) is 57.9 Å². The third-order valence-corrected chi connectivity index (χ3v) is 5.17. The maximum absolute atomic E-state index is 6.42. The first-order valence-electron chi connectivity index (χ1n) is 8.52. The molecule has 3 aromatic rings.